The van der Waals surface area contributed by atoms with Gasteiger partial charge in [0, 0.05) is 27.4 Å². The first-order chi connectivity index (χ1) is 9.47. The van der Waals surface area contributed by atoms with E-state index in [2.05, 4.69) is 0 Å². The highest BCUT2D eigenvalue weighted by atomic mass is 35.7. The van der Waals surface area contributed by atoms with Gasteiger partial charge >= 0.3 is 0 Å². The molecular weight excluding hydrogens is 323 g/mol. The van der Waals surface area contributed by atoms with Crippen LogP contribution in [0, 0.1) is 0 Å². The maximum atomic E-state index is 11.5. The molecule has 110 valence electrons. The van der Waals surface area contributed by atoms with E-state index in [1.54, 1.807) is 0 Å². The van der Waals surface area contributed by atoms with Gasteiger partial charge < -0.3 is 9.47 Å². The number of fused-ring (bicyclic) bond motifs is 2. The molecular formula is C13H14Cl2O4S. The van der Waals surface area contributed by atoms with Gasteiger partial charge in [0.05, 0.1) is 24.0 Å². The first-order valence-electron chi connectivity index (χ1n) is 6.51. The Balaban J connectivity index is 2.24. The normalized spacial score (nSPS) is 17.7. The predicted molar refractivity (Wildman–Crippen MR) is 77.6 cm³/mol. The SMILES string of the molecule is O=S(=O)(Cl)Cc1c2c(c(Cl)c3c1OCCC3)OCCC2. The van der Waals surface area contributed by atoms with E-state index in [9.17, 15) is 8.42 Å². The summed E-state index contributed by atoms with van der Waals surface area (Å²) in [4.78, 5) is 0. The zero-order valence-corrected chi connectivity index (χ0v) is 13.1. The van der Waals surface area contributed by atoms with Crippen molar-refractivity contribution >= 4 is 31.3 Å². The van der Waals surface area contributed by atoms with Gasteiger partial charge in [-0.3, -0.25) is 0 Å². The predicted octanol–water partition coefficient (Wildman–Crippen LogP) is 3.06. The summed E-state index contributed by atoms with van der Waals surface area (Å²) < 4.78 is 34.3. The lowest BCUT2D eigenvalue weighted by Crippen LogP contribution is -2.18. The minimum atomic E-state index is -3.66. The van der Waals surface area contributed by atoms with E-state index in [0.717, 1.165) is 36.8 Å². The smallest absolute Gasteiger partial charge is 0.236 e. The summed E-state index contributed by atoms with van der Waals surface area (Å²) >= 11 is 6.40. The topological polar surface area (TPSA) is 52.6 Å². The van der Waals surface area contributed by atoms with Crippen LogP contribution in [0.3, 0.4) is 0 Å². The van der Waals surface area contributed by atoms with Crippen LogP contribution in [0.4, 0.5) is 0 Å². The Morgan fingerprint density at radius 3 is 2.25 bits per heavy atom. The standard InChI is InChI=1S/C13H14Cl2O4S/c14-11-9-4-2-5-18-12(9)10(7-20(15,16)17)8-3-1-6-19-13(8)11/h1-7H2. The number of halogens is 2. The molecule has 1 aromatic carbocycles. The number of ether oxygens (including phenoxy) is 2. The molecule has 2 aliphatic heterocycles. The van der Waals surface area contributed by atoms with Gasteiger partial charge in [0.1, 0.15) is 11.5 Å². The summed E-state index contributed by atoms with van der Waals surface area (Å²) in [5.41, 5.74) is 2.29. The fraction of sp³-hybridized carbons (Fsp3) is 0.538. The summed E-state index contributed by atoms with van der Waals surface area (Å²) in [5.74, 6) is 0.951. The lowest BCUT2D eigenvalue weighted by molar-refractivity contribution is 0.270. The van der Waals surface area contributed by atoms with Crippen LogP contribution in [0.5, 0.6) is 11.5 Å². The van der Waals surface area contributed by atoms with Crippen LogP contribution in [-0.4, -0.2) is 21.6 Å². The molecule has 0 N–H and O–H groups in total. The van der Waals surface area contributed by atoms with E-state index in [-0.39, 0.29) is 5.75 Å². The van der Waals surface area contributed by atoms with Gasteiger partial charge in [-0.25, -0.2) is 8.42 Å². The van der Waals surface area contributed by atoms with E-state index in [4.69, 9.17) is 31.8 Å². The van der Waals surface area contributed by atoms with Crippen LogP contribution < -0.4 is 9.47 Å². The van der Waals surface area contributed by atoms with Crippen molar-refractivity contribution in [3.63, 3.8) is 0 Å². The Hall–Kier alpha value is -0.650. The summed E-state index contributed by atoms with van der Waals surface area (Å²) in [6, 6.07) is 0. The fourth-order valence-electron chi connectivity index (χ4n) is 2.81. The Morgan fingerprint density at radius 1 is 1.00 bits per heavy atom. The van der Waals surface area contributed by atoms with Crippen molar-refractivity contribution in [1.82, 2.24) is 0 Å². The molecule has 1 aromatic rings. The van der Waals surface area contributed by atoms with Crippen molar-refractivity contribution < 1.29 is 17.9 Å². The van der Waals surface area contributed by atoms with Gasteiger partial charge in [-0.15, -0.1) is 0 Å². The van der Waals surface area contributed by atoms with Crippen molar-refractivity contribution in [3.8, 4) is 11.5 Å². The molecule has 0 bridgehead atoms. The molecule has 7 heteroatoms. The minimum absolute atomic E-state index is 0.250. The van der Waals surface area contributed by atoms with Crippen LogP contribution in [-0.2, 0) is 27.6 Å². The molecule has 0 spiro atoms. The number of hydrogen-bond acceptors (Lipinski definition) is 4. The second-order valence-electron chi connectivity index (χ2n) is 5.00. The van der Waals surface area contributed by atoms with Crippen molar-refractivity contribution in [3.05, 3.63) is 21.7 Å². The van der Waals surface area contributed by atoms with Crippen LogP contribution >= 0.6 is 22.3 Å². The molecule has 0 saturated heterocycles. The van der Waals surface area contributed by atoms with Gasteiger partial charge in [-0.1, -0.05) is 11.6 Å². The third-order valence-corrected chi connectivity index (χ3v) is 4.96. The molecule has 0 aliphatic carbocycles. The second kappa shape index (κ2) is 5.28. The molecule has 2 heterocycles. The van der Waals surface area contributed by atoms with Gasteiger partial charge in [0.15, 0.2) is 0 Å². The summed E-state index contributed by atoms with van der Waals surface area (Å²) in [5, 5.41) is 0.560. The minimum Gasteiger partial charge on any atom is -0.493 e. The molecule has 0 atom stereocenters. The van der Waals surface area contributed by atoms with Crippen LogP contribution in [0.15, 0.2) is 0 Å². The Morgan fingerprint density at radius 2 is 1.60 bits per heavy atom. The van der Waals surface area contributed by atoms with Gasteiger partial charge in [0.25, 0.3) is 0 Å². The average molecular weight is 337 g/mol. The molecule has 0 saturated carbocycles. The van der Waals surface area contributed by atoms with Gasteiger partial charge in [-0.2, -0.15) is 0 Å². The Kier molecular flexibility index (Phi) is 3.77. The van der Waals surface area contributed by atoms with Crippen LogP contribution in [0.2, 0.25) is 5.02 Å². The monoisotopic (exact) mass is 336 g/mol. The van der Waals surface area contributed by atoms with Crippen LogP contribution in [0.25, 0.3) is 0 Å². The number of hydrogen-bond donors (Lipinski definition) is 0. The molecule has 2 aliphatic rings. The summed E-state index contributed by atoms with van der Waals surface area (Å²) in [6.07, 6.45) is 3.18. The highest BCUT2D eigenvalue weighted by Gasteiger charge is 2.30. The van der Waals surface area contributed by atoms with Gasteiger partial charge in [0.2, 0.25) is 9.05 Å². The Labute approximate surface area is 127 Å². The molecule has 0 amide bonds. The second-order valence-corrected chi connectivity index (χ2v) is 8.15. The molecule has 3 rings (SSSR count). The van der Waals surface area contributed by atoms with E-state index in [1.165, 1.54) is 0 Å². The lowest BCUT2D eigenvalue weighted by atomic mass is 9.94. The molecule has 20 heavy (non-hydrogen) atoms. The van der Waals surface area contributed by atoms with E-state index in [1.807, 2.05) is 0 Å². The maximum Gasteiger partial charge on any atom is 0.236 e. The quantitative estimate of drug-likeness (QED) is 0.779. The first kappa shape index (κ1) is 14.3. The first-order valence-corrected chi connectivity index (χ1v) is 9.37. The summed E-state index contributed by atoms with van der Waals surface area (Å²) in [7, 11) is 1.77. The van der Waals surface area contributed by atoms with Gasteiger partial charge in [-0.05, 0) is 25.7 Å². The molecule has 0 aromatic heterocycles. The average Bonchev–Trinajstić information content (AvgIpc) is 2.42. The van der Waals surface area contributed by atoms with Crippen molar-refractivity contribution in [2.45, 2.75) is 31.4 Å². The summed E-state index contributed by atoms with van der Waals surface area (Å²) in [6.45, 7) is 1.16. The lowest BCUT2D eigenvalue weighted by Gasteiger charge is -2.28. The molecule has 0 radical (unpaired) electrons. The zero-order chi connectivity index (χ0) is 14.3. The Bertz CT molecular complexity index is 618. The maximum absolute atomic E-state index is 11.5. The third-order valence-electron chi connectivity index (χ3n) is 3.60. The van der Waals surface area contributed by atoms with E-state index >= 15 is 0 Å². The van der Waals surface area contributed by atoms with Crippen molar-refractivity contribution in [2.75, 3.05) is 13.2 Å². The van der Waals surface area contributed by atoms with Crippen molar-refractivity contribution in [1.29, 1.82) is 0 Å². The highest BCUT2D eigenvalue weighted by molar-refractivity contribution is 8.13. The van der Waals surface area contributed by atoms with E-state index in [0.29, 0.717) is 35.3 Å². The van der Waals surface area contributed by atoms with Crippen LogP contribution in [0.1, 0.15) is 29.5 Å². The van der Waals surface area contributed by atoms with E-state index < -0.39 is 9.05 Å². The third kappa shape index (κ3) is 2.59. The molecule has 4 nitrogen and oxygen atoms in total. The van der Waals surface area contributed by atoms with Crippen molar-refractivity contribution in [2.24, 2.45) is 0 Å². The largest absolute Gasteiger partial charge is 0.493 e. The molecule has 0 fully saturated rings. The molecule has 0 unspecified atom stereocenters. The number of rotatable bonds is 2. The highest BCUT2D eigenvalue weighted by Crippen LogP contribution is 2.46. The zero-order valence-electron chi connectivity index (χ0n) is 10.7. The fourth-order valence-corrected chi connectivity index (χ4v) is 4.14. The number of benzene rings is 1.